The number of rotatable bonds is 7. The fourth-order valence-electron chi connectivity index (χ4n) is 3.22. The van der Waals surface area contributed by atoms with Crippen molar-refractivity contribution in [1.29, 1.82) is 5.26 Å². The summed E-state index contributed by atoms with van der Waals surface area (Å²) in [6.45, 7) is 3.32. The minimum absolute atomic E-state index is 0.0170. The van der Waals surface area contributed by atoms with Crippen LogP contribution >= 0.6 is 0 Å². The van der Waals surface area contributed by atoms with Gasteiger partial charge in [0.15, 0.2) is 6.61 Å². The van der Waals surface area contributed by atoms with Crippen LogP contribution in [0.3, 0.4) is 0 Å². The Labute approximate surface area is 163 Å². The molecule has 6 nitrogen and oxygen atoms in total. The number of hydrogen-bond donors (Lipinski definition) is 2. The zero-order chi connectivity index (χ0) is 19.8. The number of amides is 1. The van der Waals surface area contributed by atoms with Gasteiger partial charge in [-0.3, -0.25) is 4.79 Å². The van der Waals surface area contributed by atoms with Crippen molar-refractivity contribution in [2.24, 2.45) is 0 Å². The third kappa shape index (κ3) is 5.52. The maximum atomic E-state index is 13.3. The van der Waals surface area contributed by atoms with E-state index in [0.717, 1.165) is 18.7 Å². The van der Waals surface area contributed by atoms with Crippen LogP contribution in [0.15, 0.2) is 48.5 Å². The molecule has 0 unspecified atom stereocenters. The van der Waals surface area contributed by atoms with Gasteiger partial charge in [0.1, 0.15) is 30.7 Å². The van der Waals surface area contributed by atoms with Crippen LogP contribution in [0.4, 0.5) is 4.39 Å². The molecule has 146 valence electrons. The molecule has 2 aromatic carbocycles. The summed E-state index contributed by atoms with van der Waals surface area (Å²) in [5, 5.41) is 11.7. The fourth-order valence-corrected chi connectivity index (χ4v) is 3.22. The molecule has 0 saturated carbocycles. The minimum Gasteiger partial charge on any atom is -0.484 e. The third-order valence-electron chi connectivity index (χ3n) is 4.76. The average Bonchev–Trinajstić information content (AvgIpc) is 2.75. The van der Waals surface area contributed by atoms with E-state index in [4.69, 9.17) is 14.7 Å². The Morgan fingerprint density at radius 2 is 1.86 bits per heavy atom. The second-order valence-corrected chi connectivity index (χ2v) is 6.60. The van der Waals surface area contributed by atoms with Crippen LogP contribution in [0.5, 0.6) is 5.75 Å². The first-order chi connectivity index (χ1) is 13.7. The molecule has 1 fully saturated rings. The summed E-state index contributed by atoms with van der Waals surface area (Å²) in [4.78, 5) is 13.5. The Balaban J connectivity index is 1.56. The molecule has 2 aromatic rings. The van der Waals surface area contributed by atoms with Gasteiger partial charge in [-0.1, -0.05) is 12.1 Å². The van der Waals surface area contributed by atoms with Crippen LogP contribution in [-0.4, -0.2) is 45.4 Å². The first-order valence-electron chi connectivity index (χ1n) is 9.23. The van der Waals surface area contributed by atoms with Crippen molar-refractivity contribution >= 4 is 5.91 Å². The molecule has 7 heteroatoms. The van der Waals surface area contributed by atoms with Crippen LogP contribution in [-0.2, 0) is 9.53 Å². The molecular weight excluding hydrogens is 361 g/mol. The first-order valence-corrected chi connectivity index (χ1v) is 9.23. The SMILES string of the molecule is N#Cc1ccc(OCC(=O)NC[C@@H](c2ccc(F)cc2)[NH+]2CCOCC2)cc1. The summed E-state index contributed by atoms with van der Waals surface area (Å²) < 4.78 is 24.2. The maximum Gasteiger partial charge on any atom is 0.258 e. The van der Waals surface area contributed by atoms with Gasteiger partial charge in [-0.25, -0.2) is 4.39 Å². The summed E-state index contributed by atoms with van der Waals surface area (Å²) in [5.74, 6) is 0.0199. The Morgan fingerprint density at radius 3 is 2.50 bits per heavy atom. The van der Waals surface area contributed by atoms with Crippen molar-refractivity contribution in [2.45, 2.75) is 6.04 Å². The molecule has 2 N–H and O–H groups in total. The molecule has 1 atom stereocenters. The van der Waals surface area contributed by atoms with Crippen molar-refractivity contribution in [2.75, 3.05) is 39.5 Å². The number of halogens is 1. The predicted molar refractivity (Wildman–Crippen MR) is 100 cm³/mol. The predicted octanol–water partition coefficient (Wildman–Crippen LogP) is 0.849. The van der Waals surface area contributed by atoms with Crippen molar-refractivity contribution in [3.8, 4) is 11.8 Å². The topological polar surface area (TPSA) is 75.8 Å². The number of hydrogen-bond acceptors (Lipinski definition) is 4. The number of carbonyl (C=O) groups is 1. The number of carbonyl (C=O) groups excluding carboxylic acids is 1. The van der Waals surface area contributed by atoms with Crippen LogP contribution in [0, 0.1) is 17.1 Å². The molecule has 3 rings (SSSR count). The van der Waals surface area contributed by atoms with Crippen LogP contribution in [0.2, 0.25) is 0 Å². The normalized spacial score (nSPS) is 15.4. The molecule has 0 radical (unpaired) electrons. The smallest absolute Gasteiger partial charge is 0.258 e. The van der Waals surface area contributed by atoms with Crippen molar-refractivity contribution < 1.29 is 23.6 Å². The highest BCUT2D eigenvalue weighted by Gasteiger charge is 2.27. The Hall–Kier alpha value is -2.95. The number of nitrogens with zero attached hydrogens (tertiary/aromatic N) is 1. The number of morpholine rings is 1. The summed E-state index contributed by atoms with van der Waals surface area (Å²) >= 11 is 0. The minimum atomic E-state index is -0.278. The largest absolute Gasteiger partial charge is 0.484 e. The zero-order valence-corrected chi connectivity index (χ0v) is 15.5. The molecule has 1 heterocycles. The summed E-state index contributed by atoms with van der Waals surface area (Å²) in [6, 6.07) is 15.1. The fraction of sp³-hybridized carbons (Fsp3) is 0.333. The van der Waals surface area contributed by atoms with E-state index in [1.807, 2.05) is 6.07 Å². The number of nitrogens with one attached hydrogen (secondary N) is 2. The Morgan fingerprint density at radius 1 is 1.18 bits per heavy atom. The lowest BCUT2D eigenvalue weighted by Crippen LogP contribution is -3.15. The number of benzene rings is 2. The molecule has 0 spiro atoms. The zero-order valence-electron chi connectivity index (χ0n) is 15.5. The number of quaternary nitrogens is 1. The van der Waals surface area contributed by atoms with Crippen molar-refractivity contribution in [3.63, 3.8) is 0 Å². The molecular formula is C21H23FN3O3+. The van der Waals surface area contributed by atoms with Crippen LogP contribution in [0.25, 0.3) is 0 Å². The average molecular weight is 384 g/mol. The van der Waals surface area contributed by atoms with Crippen molar-refractivity contribution in [3.05, 3.63) is 65.5 Å². The monoisotopic (exact) mass is 384 g/mol. The van der Waals surface area contributed by atoms with Gasteiger partial charge in [0.05, 0.1) is 31.4 Å². The highest BCUT2D eigenvalue weighted by molar-refractivity contribution is 5.77. The third-order valence-corrected chi connectivity index (χ3v) is 4.76. The van der Waals surface area contributed by atoms with E-state index in [1.165, 1.54) is 17.0 Å². The standard InChI is InChI=1S/C21H22FN3O3/c22-18-5-3-17(4-6-18)20(25-9-11-27-12-10-25)14-24-21(26)15-28-19-7-1-16(13-23)2-8-19/h1-8,20H,9-12,14-15H2,(H,24,26)/p+1/t20-/m0/s1. The molecule has 1 aliphatic heterocycles. The molecule has 1 amide bonds. The van der Waals surface area contributed by atoms with Gasteiger partial charge in [-0.2, -0.15) is 5.26 Å². The van der Waals surface area contributed by atoms with E-state index in [0.29, 0.717) is 31.1 Å². The lowest BCUT2D eigenvalue weighted by Gasteiger charge is -2.32. The highest BCUT2D eigenvalue weighted by atomic mass is 19.1. The molecule has 0 aliphatic carbocycles. The first kappa shape index (κ1) is 19.8. The van der Waals surface area contributed by atoms with Crippen LogP contribution < -0.4 is 15.0 Å². The van der Waals surface area contributed by atoms with Gasteiger partial charge >= 0.3 is 0 Å². The van der Waals surface area contributed by atoms with Crippen molar-refractivity contribution in [1.82, 2.24) is 5.32 Å². The van der Waals surface area contributed by atoms with Gasteiger partial charge in [0.2, 0.25) is 0 Å². The number of ether oxygens (including phenoxy) is 2. The second kappa shape index (κ2) is 9.83. The molecule has 28 heavy (non-hydrogen) atoms. The highest BCUT2D eigenvalue weighted by Crippen LogP contribution is 2.12. The molecule has 1 saturated heterocycles. The van der Waals surface area contributed by atoms with E-state index < -0.39 is 0 Å². The van der Waals surface area contributed by atoms with E-state index in [2.05, 4.69) is 5.32 Å². The quantitative estimate of drug-likeness (QED) is 0.742. The molecule has 0 bridgehead atoms. The lowest BCUT2D eigenvalue weighted by molar-refractivity contribution is -0.937. The van der Waals surface area contributed by atoms with E-state index in [-0.39, 0.29) is 24.4 Å². The van der Waals surface area contributed by atoms with Gasteiger partial charge in [-0.05, 0) is 36.4 Å². The maximum absolute atomic E-state index is 13.3. The van der Waals surface area contributed by atoms with Gasteiger partial charge in [0, 0.05) is 5.56 Å². The Bertz CT molecular complexity index is 812. The van der Waals surface area contributed by atoms with E-state index in [1.54, 1.807) is 36.4 Å². The lowest BCUT2D eigenvalue weighted by atomic mass is 10.0. The van der Waals surface area contributed by atoms with E-state index in [9.17, 15) is 9.18 Å². The van der Waals surface area contributed by atoms with Gasteiger partial charge in [0.25, 0.3) is 5.91 Å². The molecule has 0 aromatic heterocycles. The Kier molecular flexibility index (Phi) is 6.95. The summed E-state index contributed by atoms with van der Waals surface area (Å²) in [6.07, 6.45) is 0. The summed E-state index contributed by atoms with van der Waals surface area (Å²) in [7, 11) is 0. The van der Waals surface area contributed by atoms with Gasteiger partial charge < -0.3 is 19.7 Å². The molecule has 1 aliphatic rings. The van der Waals surface area contributed by atoms with E-state index >= 15 is 0 Å². The summed E-state index contributed by atoms with van der Waals surface area (Å²) in [5.41, 5.74) is 1.51. The number of nitriles is 1. The van der Waals surface area contributed by atoms with Crippen LogP contribution in [0.1, 0.15) is 17.2 Å². The second-order valence-electron chi connectivity index (χ2n) is 6.60. The van der Waals surface area contributed by atoms with Gasteiger partial charge in [-0.15, -0.1) is 0 Å².